The lowest BCUT2D eigenvalue weighted by Gasteiger charge is -2.09. The number of rotatable bonds is 4. The van der Waals surface area contributed by atoms with E-state index < -0.39 is 0 Å². The maximum atomic E-state index is 11.6. The Balaban J connectivity index is 2.36. The largest absolute Gasteiger partial charge is 0.396 e. The van der Waals surface area contributed by atoms with Gasteiger partial charge in [0.05, 0.1) is 0 Å². The van der Waals surface area contributed by atoms with E-state index in [0.717, 1.165) is 22.0 Å². The van der Waals surface area contributed by atoms with Crippen LogP contribution in [-0.4, -0.2) is 17.6 Å². The highest BCUT2D eigenvalue weighted by molar-refractivity contribution is 6.04. The zero-order valence-electron chi connectivity index (χ0n) is 10.9. The Kier molecular flexibility index (Phi) is 3.97. The van der Waals surface area contributed by atoms with Crippen molar-refractivity contribution in [3.63, 3.8) is 0 Å². The molecule has 1 amide bonds. The highest BCUT2D eigenvalue weighted by Crippen LogP contribution is 2.23. The Morgan fingerprint density at radius 3 is 2.79 bits per heavy atom. The number of hydrogen-bond acceptors (Lipinski definition) is 2. The van der Waals surface area contributed by atoms with E-state index in [0.29, 0.717) is 12.0 Å². The fraction of sp³-hybridized carbons (Fsp3) is 0.188. The van der Waals surface area contributed by atoms with E-state index in [1.807, 2.05) is 36.4 Å². The lowest BCUT2D eigenvalue weighted by Crippen LogP contribution is -2.11. The third-order valence-electron chi connectivity index (χ3n) is 3.00. The highest BCUT2D eigenvalue weighted by Gasteiger charge is 2.05. The first-order chi connectivity index (χ1) is 9.11. The van der Waals surface area contributed by atoms with E-state index in [1.54, 1.807) is 6.92 Å². The second kappa shape index (κ2) is 5.67. The summed E-state index contributed by atoms with van der Waals surface area (Å²) in [5, 5.41) is 14.0. The van der Waals surface area contributed by atoms with Crippen molar-refractivity contribution in [2.75, 3.05) is 11.9 Å². The summed E-state index contributed by atoms with van der Waals surface area (Å²) in [6.07, 6.45) is 0.634. The molecule has 0 bridgehead atoms. The number of carbonyl (C=O) groups excluding carboxylic acids is 1. The number of benzene rings is 2. The first kappa shape index (κ1) is 13.3. The normalized spacial score (nSPS) is 10.4. The number of carbonyl (C=O) groups is 1. The predicted octanol–water partition coefficient (Wildman–Crippen LogP) is 2.89. The lowest BCUT2D eigenvalue weighted by atomic mass is 10.0. The zero-order chi connectivity index (χ0) is 13.8. The van der Waals surface area contributed by atoms with Crippen LogP contribution in [0.1, 0.15) is 12.5 Å². The van der Waals surface area contributed by atoms with Gasteiger partial charge in [-0.1, -0.05) is 30.8 Å². The van der Waals surface area contributed by atoms with Gasteiger partial charge >= 0.3 is 0 Å². The van der Waals surface area contributed by atoms with Gasteiger partial charge in [-0.2, -0.15) is 0 Å². The Labute approximate surface area is 112 Å². The molecule has 0 aromatic heterocycles. The van der Waals surface area contributed by atoms with Gasteiger partial charge in [0.25, 0.3) is 5.91 Å². The summed E-state index contributed by atoms with van der Waals surface area (Å²) in [5.41, 5.74) is 2.34. The second-order valence-corrected chi connectivity index (χ2v) is 4.56. The van der Waals surface area contributed by atoms with Crippen LogP contribution in [0.5, 0.6) is 0 Å². The topological polar surface area (TPSA) is 49.3 Å². The maximum absolute atomic E-state index is 11.6. The molecule has 98 valence electrons. The molecule has 2 aromatic rings. The Morgan fingerprint density at radius 2 is 2.11 bits per heavy atom. The summed E-state index contributed by atoms with van der Waals surface area (Å²) in [4.78, 5) is 11.6. The molecule has 3 heteroatoms. The molecule has 0 unspecified atom stereocenters. The molecule has 2 aromatic carbocycles. The van der Waals surface area contributed by atoms with E-state index in [9.17, 15) is 4.79 Å². The standard InChI is InChI=1S/C16H17NO2/c1-11(2)16(19)17-14-6-7-15-12(8-9-18)4-3-5-13(15)10-14/h3-7,10,18H,1,8-9H2,2H3,(H,17,19). The van der Waals surface area contributed by atoms with Gasteiger partial charge in [0, 0.05) is 17.9 Å². The van der Waals surface area contributed by atoms with Crippen molar-refractivity contribution in [2.24, 2.45) is 0 Å². The number of amides is 1. The number of fused-ring (bicyclic) bond motifs is 1. The molecule has 2 rings (SSSR count). The first-order valence-electron chi connectivity index (χ1n) is 6.21. The summed E-state index contributed by atoms with van der Waals surface area (Å²) in [7, 11) is 0. The summed E-state index contributed by atoms with van der Waals surface area (Å²) < 4.78 is 0. The third kappa shape index (κ3) is 3.01. The van der Waals surface area contributed by atoms with Crippen LogP contribution < -0.4 is 5.32 Å². The fourth-order valence-electron chi connectivity index (χ4n) is 2.00. The molecule has 0 atom stereocenters. The number of aliphatic hydroxyl groups is 1. The van der Waals surface area contributed by atoms with E-state index in [1.165, 1.54) is 0 Å². The number of hydrogen-bond donors (Lipinski definition) is 2. The predicted molar refractivity (Wildman–Crippen MR) is 78.2 cm³/mol. The minimum Gasteiger partial charge on any atom is -0.396 e. The fourth-order valence-corrected chi connectivity index (χ4v) is 2.00. The monoisotopic (exact) mass is 255 g/mol. The average Bonchev–Trinajstić information content (AvgIpc) is 2.39. The Morgan fingerprint density at radius 1 is 1.32 bits per heavy atom. The van der Waals surface area contributed by atoms with Crippen molar-refractivity contribution in [1.29, 1.82) is 0 Å². The van der Waals surface area contributed by atoms with E-state index in [4.69, 9.17) is 5.11 Å². The van der Waals surface area contributed by atoms with Crippen molar-refractivity contribution in [1.82, 2.24) is 0 Å². The molecule has 3 nitrogen and oxygen atoms in total. The quantitative estimate of drug-likeness (QED) is 0.825. The van der Waals surface area contributed by atoms with Gasteiger partial charge in [0.1, 0.15) is 0 Å². The SMILES string of the molecule is C=C(C)C(=O)Nc1ccc2c(CCO)cccc2c1. The molecule has 0 heterocycles. The van der Waals surface area contributed by atoms with Gasteiger partial charge in [0.2, 0.25) is 0 Å². The molecule has 19 heavy (non-hydrogen) atoms. The molecule has 0 aliphatic carbocycles. The van der Waals surface area contributed by atoms with Gasteiger partial charge < -0.3 is 10.4 Å². The summed E-state index contributed by atoms with van der Waals surface area (Å²) in [5.74, 6) is -0.175. The third-order valence-corrected chi connectivity index (χ3v) is 3.00. The van der Waals surface area contributed by atoms with Crippen LogP contribution in [0.25, 0.3) is 10.8 Å². The number of aliphatic hydroxyl groups excluding tert-OH is 1. The smallest absolute Gasteiger partial charge is 0.250 e. The minimum atomic E-state index is -0.175. The van der Waals surface area contributed by atoms with Crippen molar-refractivity contribution in [3.8, 4) is 0 Å². The second-order valence-electron chi connectivity index (χ2n) is 4.56. The van der Waals surface area contributed by atoms with Crippen molar-refractivity contribution < 1.29 is 9.90 Å². The Bertz CT molecular complexity index is 632. The van der Waals surface area contributed by atoms with Gasteiger partial charge in [-0.15, -0.1) is 0 Å². The van der Waals surface area contributed by atoms with Crippen LogP contribution in [0.15, 0.2) is 48.6 Å². The molecule has 0 aliphatic rings. The molecule has 0 spiro atoms. The van der Waals surface area contributed by atoms with Gasteiger partial charge in [-0.25, -0.2) is 0 Å². The van der Waals surface area contributed by atoms with Crippen molar-refractivity contribution >= 4 is 22.4 Å². The van der Waals surface area contributed by atoms with Gasteiger partial charge in [-0.05, 0) is 41.8 Å². The lowest BCUT2D eigenvalue weighted by molar-refractivity contribution is -0.112. The molecule has 0 saturated heterocycles. The van der Waals surface area contributed by atoms with Crippen LogP contribution in [0.4, 0.5) is 5.69 Å². The summed E-state index contributed by atoms with van der Waals surface area (Å²) >= 11 is 0. The summed E-state index contributed by atoms with van der Waals surface area (Å²) in [6.45, 7) is 5.42. The Hall–Kier alpha value is -2.13. The van der Waals surface area contributed by atoms with E-state index >= 15 is 0 Å². The highest BCUT2D eigenvalue weighted by atomic mass is 16.2. The summed E-state index contributed by atoms with van der Waals surface area (Å²) in [6, 6.07) is 11.7. The maximum Gasteiger partial charge on any atom is 0.250 e. The van der Waals surface area contributed by atoms with Crippen LogP contribution in [-0.2, 0) is 11.2 Å². The van der Waals surface area contributed by atoms with Crippen molar-refractivity contribution in [2.45, 2.75) is 13.3 Å². The molecule has 0 saturated carbocycles. The van der Waals surface area contributed by atoms with Crippen LogP contribution in [0.2, 0.25) is 0 Å². The number of nitrogens with one attached hydrogen (secondary N) is 1. The van der Waals surface area contributed by atoms with Crippen LogP contribution in [0.3, 0.4) is 0 Å². The van der Waals surface area contributed by atoms with Gasteiger partial charge in [0.15, 0.2) is 0 Å². The van der Waals surface area contributed by atoms with E-state index in [-0.39, 0.29) is 12.5 Å². The average molecular weight is 255 g/mol. The van der Waals surface area contributed by atoms with Crippen LogP contribution in [0, 0.1) is 0 Å². The van der Waals surface area contributed by atoms with Crippen molar-refractivity contribution in [3.05, 3.63) is 54.1 Å². The molecule has 0 aliphatic heterocycles. The molecule has 0 radical (unpaired) electrons. The van der Waals surface area contributed by atoms with E-state index in [2.05, 4.69) is 11.9 Å². The van der Waals surface area contributed by atoms with Crippen LogP contribution >= 0.6 is 0 Å². The zero-order valence-corrected chi connectivity index (χ0v) is 10.9. The first-order valence-corrected chi connectivity index (χ1v) is 6.21. The molecular weight excluding hydrogens is 238 g/mol. The molecular formula is C16H17NO2. The molecule has 0 fully saturated rings. The number of anilines is 1. The minimum absolute atomic E-state index is 0.132. The molecule has 2 N–H and O–H groups in total. The van der Waals surface area contributed by atoms with Gasteiger partial charge in [-0.3, -0.25) is 4.79 Å².